The Morgan fingerprint density at radius 2 is 1.43 bits per heavy atom. The predicted molar refractivity (Wildman–Crippen MR) is 90.0 cm³/mol. The van der Waals surface area contributed by atoms with E-state index in [0.717, 1.165) is 0 Å². The van der Waals surface area contributed by atoms with Crippen LogP contribution < -0.4 is 0 Å². The second-order valence-electron chi connectivity index (χ2n) is 4.22. The minimum atomic E-state index is 0.216. The van der Waals surface area contributed by atoms with E-state index < -0.39 is 0 Å². The highest BCUT2D eigenvalue weighted by molar-refractivity contribution is 6.44. The Balaban J connectivity index is 2.33. The minimum absolute atomic E-state index is 0.216. The third kappa shape index (κ3) is 2.79. The molecule has 1 aromatic heterocycles. The lowest BCUT2D eigenvalue weighted by atomic mass is 10.2. The van der Waals surface area contributed by atoms with Gasteiger partial charge in [0.25, 0.3) is 0 Å². The highest BCUT2D eigenvalue weighted by Gasteiger charge is 2.15. The predicted octanol–water partition coefficient (Wildman–Crippen LogP) is 6.56. The van der Waals surface area contributed by atoms with Gasteiger partial charge in [-0.25, -0.2) is 9.97 Å². The molecule has 0 radical (unpaired) electrons. The van der Waals surface area contributed by atoms with Crippen molar-refractivity contribution in [2.75, 3.05) is 0 Å². The van der Waals surface area contributed by atoms with Gasteiger partial charge in [0.15, 0.2) is 5.82 Å². The molecule has 0 aliphatic rings. The molecule has 21 heavy (non-hydrogen) atoms. The number of halogens is 5. The highest BCUT2D eigenvalue weighted by atomic mass is 35.5. The second kappa shape index (κ2) is 5.79. The van der Waals surface area contributed by atoms with Crippen LogP contribution in [0.2, 0.25) is 25.2 Å². The summed E-state index contributed by atoms with van der Waals surface area (Å²) in [5, 5.41) is 2.55. The van der Waals surface area contributed by atoms with E-state index in [1.165, 1.54) is 0 Å². The highest BCUT2D eigenvalue weighted by Crippen LogP contribution is 2.36. The SMILES string of the molecule is Clc1ccc(-c2nc(Cl)c3c(Cl)ccc(Cl)c3n2)c(Cl)c1. The molecule has 2 aromatic carbocycles. The molecule has 0 saturated carbocycles. The number of rotatable bonds is 1. The van der Waals surface area contributed by atoms with Crippen molar-refractivity contribution in [1.82, 2.24) is 9.97 Å². The third-order valence-corrected chi connectivity index (χ3v) is 4.32. The Hall–Kier alpha value is -0.770. The first-order valence-corrected chi connectivity index (χ1v) is 7.63. The largest absolute Gasteiger partial charge is 0.226 e. The lowest BCUT2D eigenvalue weighted by Gasteiger charge is -2.08. The standard InChI is InChI=1S/C14H5Cl5N2/c15-6-1-2-7(10(18)5-6)14-20-12-9(17)4-3-8(16)11(12)13(19)21-14/h1-5H. The van der Waals surface area contributed by atoms with Gasteiger partial charge in [0, 0.05) is 10.6 Å². The van der Waals surface area contributed by atoms with Crippen LogP contribution in [0, 0.1) is 0 Å². The summed E-state index contributed by atoms with van der Waals surface area (Å²) in [6, 6.07) is 8.34. The first kappa shape index (κ1) is 15.1. The summed E-state index contributed by atoms with van der Waals surface area (Å²) in [5.74, 6) is 0.360. The van der Waals surface area contributed by atoms with Crippen molar-refractivity contribution in [3.63, 3.8) is 0 Å². The van der Waals surface area contributed by atoms with Gasteiger partial charge in [-0.15, -0.1) is 0 Å². The molecular weight excluding hydrogens is 373 g/mol. The Bertz CT molecular complexity index is 864. The molecule has 0 aliphatic carbocycles. The fourth-order valence-corrected chi connectivity index (χ4v) is 3.17. The van der Waals surface area contributed by atoms with Crippen molar-refractivity contribution in [1.29, 1.82) is 0 Å². The maximum absolute atomic E-state index is 6.21. The number of aromatic nitrogens is 2. The second-order valence-corrected chi connectivity index (χ2v) is 6.23. The molecule has 0 N–H and O–H groups in total. The van der Waals surface area contributed by atoms with E-state index in [0.29, 0.717) is 42.4 Å². The van der Waals surface area contributed by atoms with Gasteiger partial charge in [0.1, 0.15) is 5.15 Å². The van der Waals surface area contributed by atoms with Crippen LogP contribution in [0.3, 0.4) is 0 Å². The summed E-state index contributed by atoms with van der Waals surface area (Å²) < 4.78 is 0. The van der Waals surface area contributed by atoms with E-state index in [4.69, 9.17) is 58.0 Å². The van der Waals surface area contributed by atoms with Crippen LogP contribution >= 0.6 is 58.0 Å². The van der Waals surface area contributed by atoms with Gasteiger partial charge in [0.2, 0.25) is 0 Å². The van der Waals surface area contributed by atoms with Crippen molar-refractivity contribution < 1.29 is 0 Å². The number of nitrogens with zero attached hydrogens (tertiary/aromatic N) is 2. The van der Waals surface area contributed by atoms with Gasteiger partial charge in [-0.05, 0) is 30.3 Å². The van der Waals surface area contributed by atoms with Crippen LogP contribution in [-0.4, -0.2) is 9.97 Å². The van der Waals surface area contributed by atoms with E-state index >= 15 is 0 Å². The molecule has 1 heterocycles. The van der Waals surface area contributed by atoms with E-state index in [2.05, 4.69) is 9.97 Å². The molecule has 7 heteroatoms. The minimum Gasteiger partial charge on any atom is -0.226 e. The molecule has 0 saturated heterocycles. The average Bonchev–Trinajstić information content (AvgIpc) is 2.42. The molecule has 0 fully saturated rings. The van der Waals surface area contributed by atoms with Crippen LogP contribution in [0.4, 0.5) is 0 Å². The number of benzene rings is 2. The summed E-state index contributed by atoms with van der Waals surface area (Å²) in [6.45, 7) is 0. The fourth-order valence-electron chi connectivity index (χ4n) is 1.92. The van der Waals surface area contributed by atoms with Crippen molar-refractivity contribution >= 4 is 68.9 Å². The fraction of sp³-hybridized carbons (Fsp3) is 0. The van der Waals surface area contributed by atoms with Crippen molar-refractivity contribution in [2.45, 2.75) is 0 Å². The number of hydrogen-bond donors (Lipinski definition) is 0. The molecule has 106 valence electrons. The van der Waals surface area contributed by atoms with Crippen LogP contribution in [0.5, 0.6) is 0 Å². The van der Waals surface area contributed by atoms with Gasteiger partial charge in [0.05, 0.1) is 26.0 Å². The molecule has 3 rings (SSSR count). The summed E-state index contributed by atoms with van der Waals surface area (Å²) in [7, 11) is 0. The topological polar surface area (TPSA) is 25.8 Å². The first-order valence-electron chi connectivity index (χ1n) is 5.74. The molecule has 0 amide bonds. The van der Waals surface area contributed by atoms with E-state index in [1.807, 2.05) is 0 Å². The van der Waals surface area contributed by atoms with Crippen molar-refractivity contribution in [3.05, 3.63) is 55.6 Å². The maximum Gasteiger partial charge on any atom is 0.163 e. The maximum atomic E-state index is 6.21. The van der Waals surface area contributed by atoms with Crippen molar-refractivity contribution in [3.8, 4) is 11.4 Å². The molecule has 0 aliphatic heterocycles. The van der Waals surface area contributed by atoms with Crippen LogP contribution in [0.25, 0.3) is 22.3 Å². The monoisotopic (exact) mass is 376 g/mol. The van der Waals surface area contributed by atoms with Crippen LogP contribution in [0.1, 0.15) is 0 Å². The number of fused-ring (bicyclic) bond motifs is 1. The third-order valence-electron chi connectivity index (χ3n) is 2.88. The quantitative estimate of drug-likeness (QED) is 0.448. The van der Waals surface area contributed by atoms with E-state index in [1.54, 1.807) is 30.3 Å². The van der Waals surface area contributed by atoms with E-state index in [9.17, 15) is 0 Å². The van der Waals surface area contributed by atoms with Gasteiger partial charge in [-0.2, -0.15) is 0 Å². The zero-order valence-corrected chi connectivity index (χ0v) is 14.0. The lowest BCUT2D eigenvalue weighted by Crippen LogP contribution is -1.94. The van der Waals surface area contributed by atoms with Gasteiger partial charge >= 0.3 is 0 Å². The Morgan fingerprint density at radius 1 is 0.714 bits per heavy atom. The van der Waals surface area contributed by atoms with Crippen LogP contribution in [-0.2, 0) is 0 Å². The van der Waals surface area contributed by atoms with Crippen LogP contribution in [0.15, 0.2) is 30.3 Å². The van der Waals surface area contributed by atoms with Gasteiger partial charge < -0.3 is 0 Å². The first-order chi connectivity index (χ1) is 9.97. The molecular formula is C14H5Cl5N2. The molecule has 2 nitrogen and oxygen atoms in total. The summed E-state index contributed by atoms with van der Waals surface area (Å²) in [6.07, 6.45) is 0. The van der Waals surface area contributed by atoms with Gasteiger partial charge in [-0.1, -0.05) is 58.0 Å². The zero-order valence-electron chi connectivity index (χ0n) is 10.2. The Kier molecular flexibility index (Phi) is 4.17. The smallest absolute Gasteiger partial charge is 0.163 e. The molecule has 0 bridgehead atoms. The summed E-state index contributed by atoms with van der Waals surface area (Å²) in [5.41, 5.74) is 1.09. The molecule has 3 aromatic rings. The molecule has 0 atom stereocenters. The van der Waals surface area contributed by atoms with Gasteiger partial charge in [-0.3, -0.25) is 0 Å². The van der Waals surface area contributed by atoms with Crippen molar-refractivity contribution in [2.24, 2.45) is 0 Å². The lowest BCUT2D eigenvalue weighted by molar-refractivity contribution is 1.23. The molecule has 0 spiro atoms. The Morgan fingerprint density at radius 3 is 2.14 bits per heavy atom. The summed E-state index contributed by atoms with van der Waals surface area (Å²) >= 11 is 30.6. The van der Waals surface area contributed by atoms with E-state index in [-0.39, 0.29) is 5.15 Å². The zero-order chi connectivity index (χ0) is 15.1. The summed E-state index contributed by atoms with van der Waals surface area (Å²) in [4.78, 5) is 8.67. The Labute approximate surface area is 145 Å². The number of hydrogen-bond acceptors (Lipinski definition) is 2. The normalized spacial score (nSPS) is 11.1. The molecule has 0 unspecified atom stereocenters. The average molecular weight is 378 g/mol.